The summed E-state index contributed by atoms with van der Waals surface area (Å²) in [6.07, 6.45) is 0. The molecule has 28 heavy (non-hydrogen) atoms. The van der Waals surface area contributed by atoms with Gasteiger partial charge in [0.1, 0.15) is 11.3 Å². The number of para-hydroxylation sites is 1. The molecule has 3 aromatic rings. The van der Waals surface area contributed by atoms with E-state index in [1.165, 1.54) is 20.1 Å². The first-order valence-corrected chi connectivity index (χ1v) is 8.02. The molecule has 144 valence electrons. The van der Waals surface area contributed by atoms with Crippen molar-refractivity contribution in [3.8, 4) is 28.6 Å². The summed E-state index contributed by atoms with van der Waals surface area (Å²) in [6.45, 7) is 1.03. The summed E-state index contributed by atoms with van der Waals surface area (Å²) >= 11 is 0. The number of nitro groups is 1. The van der Waals surface area contributed by atoms with Gasteiger partial charge in [-0.2, -0.15) is 4.98 Å². The predicted molar refractivity (Wildman–Crippen MR) is 95.6 cm³/mol. The number of phenolic OH excluding ortho intramolecular Hbond substituents is 1. The summed E-state index contributed by atoms with van der Waals surface area (Å²) in [7, 11) is 1.23. The highest BCUT2D eigenvalue weighted by molar-refractivity contribution is 6.07. The largest absolute Gasteiger partial charge is 0.499 e. The fraction of sp³-hybridized carbons (Fsp3) is 0.167. The van der Waals surface area contributed by atoms with Gasteiger partial charge in [0.2, 0.25) is 23.2 Å². The van der Waals surface area contributed by atoms with Crippen LogP contribution in [0, 0.1) is 17.0 Å². The second-order valence-corrected chi connectivity index (χ2v) is 5.62. The van der Waals surface area contributed by atoms with E-state index in [4.69, 9.17) is 14.0 Å². The third kappa shape index (κ3) is 3.61. The number of Topliss-reactive ketones (excluding diaryl/α,β-unsaturated/α-hetero) is 1. The van der Waals surface area contributed by atoms with E-state index in [0.717, 1.165) is 0 Å². The fourth-order valence-corrected chi connectivity index (χ4v) is 2.57. The van der Waals surface area contributed by atoms with Crippen LogP contribution >= 0.6 is 0 Å². The second kappa shape index (κ2) is 7.74. The van der Waals surface area contributed by atoms with E-state index < -0.39 is 34.3 Å². The predicted octanol–water partition coefficient (Wildman–Crippen LogP) is 2.93. The third-order valence-corrected chi connectivity index (χ3v) is 3.80. The molecule has 0 radical (unpaired) electrons. The molecule has 0 unspecified atom stereocenters. The second-order valence-electron chi connectivity index (χ2n) is 5.62. The number of ether oxygens (including phenoxy) is 2. The fourth-order valence-electron chi connectivity index (χ4n) is 2.57. The first-order chi connectivity index (χ1) is 13.4. The number of hydrogen-bond donors (Lipinski definition) is 1. The summed E-state index contributed by atoms with van der Waals surface area (Å²) in [4.78, 5) is 27.6. The molecule has 0 atom stereocenters. The van der Waals surface area contributed by atoms with E-state index in [1.807, 2.05) is 0 Å². The lowest BCUT2D eigenvalue weighted by Gasteiger charge is -2.12. The minimum absolute atomic E-state index is 0.0140. The van der Waals surface area contributed by atoms with Gasteiger partial charge in [-0.05, 0) is 18.2 Å². The monoisotopic (exact) mass is 385 g/mol. The first kappa shape index (κ1) is 18.8. The maximum atomic E-state index is 12.8. The average molecular weight is 385 g/mol. The number of nitro benzene ring substituents is 1. The number of aromatic nitrogens is 2. The molecule has 1 heterocycles. The number of rotatable bonds is 7. The van der Waals surface area contributed by atoms with Gasteiger partial charge in [-0.1, -0.05) is 23.4 Å². The number of benzene rings is 2. The number of carbonyl (C=O) groups excluding carboxylic acids is 1. The zero-order chi connectivity index (χ0) is 20.3. The van der Waals surface area contributed by atoms with Crippen LogP contribution in [0.25, 0.3) is 11.4 Å². The Labute approximate surface area is 158 Å². The van der Waals surface area contributed by atoms with Gasteiger partial charge >= 0.3 is 5.69 Å². The molecule has 0 saturated carbocycles. The lowest BCUT2D eigenvalue weighted by molar-refractivity contribution is -0.386. The Morgan fingerprint density at radius 1 is 1.32 bits per heavy atom. The molecule has 1 N–H and O–H groups in total. The van der Waals surface area contributed by atoms with Crippen molar-refractivity contribution in [2.45, 2.75) is 6.92 Å². The Morgan fingerprint density at radius 3 is 2.61 bits per heavy atom. The Balaban J connectivity index is 2.12. The number of ketones is 1. The van der Waals surface area contributed by atoms with Crippen LogP contribution in [0.3, 0.4) is 0 Å². The molecular formula is C18H15N3O7. The van der Waals surface area contributed by atoms with Gasteiger partial charge in [-0.3, -0.25) is 14.9 Å². The first-order valence-electron chi connectivity index (χ1n) is 8.02. The van der Waals surface area contributed by atoms with Crippen molar-refractivity contribution in [1.29, 1.82) is 0 Å². The molecule has 10 heteroatoms. The van der Waals surface area contributed by atoms with Gasteiger partial charge < -0.3 is 19.1 Å². The van der Waals surface area contributed by atoms with Crippen molar-refractivity contribution in [1.82, 2.24) is 10.1 Å². The van der Waals surface area contributed by atoms with Crippen molar-refractivity contribution in [3.63, 3.8) is 0 Å². The molecule has 0 amide bonds. The Hall–Kier alpha value is -3.95. The van der Waals surface area contributed by atoms with Crippen LogP contribution in [0.1, 0.15) is 16.2 Å². The van der Waals surface area contributed by atoms with Gasteiger partial charge in [0, 0.05) is 12.5 Å². The maximum absolute atomic E-state index is 12.8. The molecule has 0 bridgehead atoms. The zero-order valence-corrected chi connectivity index (χ0v) is 14.9. The SMILES string of the molecule is COc1cc(-c2noc(C)n2)c(C(=O)COc2ccccc2)c([N+](=O)[O-])c1O. The molecular weight excluding hydrogens is 370 g/mol. The van der Waals surface area contributed by atoms with Gasteiger partial charge in [0.25, 0.3) is 0 Å². The van der Waals surface area contributed by atoms with Gasteiger partial charge in [-0.25, -0.2) is 0 Å². The van der Waals surface area contributed by atoms with E-state index in [0.29, 0.717) is 5.75 Å². The molecule has 3 rings (SSSR count). The molecule has 0 aliphatic heterocycles. The number of hydrogen-bond acceptors (Lipinski definition) is 9. The average Bonchev–Trinajstić information content (AvgIpc) is 3.12. The zero-order valence-electron chi connectivity index (χ0n) is 14.9. The Morgan fingerprint density at radius 2 is 2.04 bits per heavy atom. The topological polar surface area (TPSA) is 138 Å². The van der Waals surface area contributed by atoms with E-state index in [-0.39, 0.29) is 23.0 Å². The van der Waals surface area contributed by atoms with Crippen LogP contribution in [-0.4, -0.2) is 39.7 Å². The van der Waals surface area contributed by atoms with Crippen molar-refractivity contribution in [3.05, 3.63) is 58.0 Å². The van der Waals surface area contributed by atoms with E-state index in [2.05, 4.69) is 10.1 Å². The van der Waals surface area contributed by atoms with Crippen LogP contribution in [-0.2, 0) is 0 Å². The van der Waals surface area contributed by atoms with Crippen LogP contribution in [0.5, 0.6) is 17.2 Å². The molecule has 10 nitrogen and oxygen atoms in total. The van der Waals surface area contributed by atoms with Crippen molar-refractivity contribution in [2.75, 3.05) is 13.7 Å². The van der Waals surface area contributed by atoms with Crippen molar-refractivity contribution < 1.29 is 28.8 Å². The molecule has 0 fully saturated rings. The van der Waals surface area contributed by atoms with Crippen LogP contribution in [0.4, 0.5) is 5.69 Å². The Bertz CT molecular complexity index is 1030. The number of aryl methyl sites for hydroxylation is 1. The lowest BCUT2D eigenvalue weighted by Crippen LogP contribution is -2.15. The standard InChI is InChI=1S/C18H15N3O7/c1-10-19-18(20-28-10)12-8-14(26-2)17(23)16(21(24)25)15(12)13(22)9-27-11-6-4-3-5-7-11/h3-8,23H,9H2,1-2H3. The number of aromatic hydroxyl groups is 1. The summed E-state index contributed by atoms with van der Waals surface area (Å²) in [5.74, 6) is -1.17. The number of methoxy groups -OCH3 is 1. The molecule has 0 saturated heterocycles. The summed E-state index contributed by atoms with van der Waals surface area (Å²) < 4.78 is 15.3. The highest BCUT2D eigenvalue weighted by Gasteiger charge is 2.33. The highest BCUT2D eigenvalue weighted by atomic mass is 16.6. The number of phenols is 1. The molecule has 2 aromatic carbocycles. The summed E-state index contributed by atoms with van der Waals surface area (Å²) in [6, 6.07) is 9.72. The van der Waals surface area contributed by atoms with Gasteiger partial charge in [-0.15, -0.1) is 0 Å². The van der Waals surface area contributed by atoms with Crippen molar-refractivity contribution >= 4 is 11.5 Å². The molecule has 0 aliphatic carbocycles. The summed E-state index contributed by atoms with van der Waals surface area (Å²) in [5.41, 5.74) is -1.24. The molecule has 1 aromatic heterocycles. The quantitative estimate of drug-likeness (QED) is 0.369. The highest BCUT2D eigenvalue weighted by Crippen LogP contribution is 2.43. The molecule has 0 aliphatic rings. The van der Waals surface area contributed by atoms with Crippen LogP contribution < -0.4 is 9.47 Å². The third-order valence-electron chi connectivity index (χ3n) is 3.80. The van der Waals surface area contributed by atoms with Crippen LogP contribution in [0.2, 0.25) is 0 Å². The van der Waals surface area contributed by atoms with Gasteiger partial charge in [0.05, 0.1) is 12.0 Å². The summed E-state index contributed by atoms with van der Waals surface area (Å²) in [5, 5.41) is 25.6. The lowest BCUT2D eigenvalue weighted by atomic mass is 9.99. The minimum atomic E-state index is -0.871. The Kier molecular flexibility index (Phi) is 5.21. The van der Waals surface area contributed by atoms with E-state index in [1.54, 1.807) is 30.3 Å². The van der Waals surface area contributed by atoms with E-state index >= 15 is 0 Å². The maximum Gasteiger partial charge on any atom is 0.326 e. The minimum Gasteiger partial charge on any atom is -0.499 e. The van der Waals surface area contributed by atoms with E-state index in [9.17, 15) is 20.0 Å². The number of carbonyl (C=O) groups is 1. The number of nitrogens with zero attached hydrogens (tertiary/aromatic N) is 3. The molecule has 0 spiro atoms. The van der Waals surface area contributed by atoms with Gasteiger partial charge in [0.15, 0.2) is 12.4 Å². The van der Waals surface area contributed by atoms with Crippen molar-refractivity contribution in [2.24, 2.45) is 0 Å². The normalized spacial score (nSPS) is 10.5. The smallest absolute Gasteiger partial charge is 0.326 e. The van der Waals surface area contributed by atoms with Crippen LogP contribution in [0.15, 0.2) is 40.9 Å².